The number of ether oxygens (including phenoxy) is 1. The molecule has 0 unspecified atom stereocenters. The Hall–Kier alpha value is -1.31. The zero-order chi connectivity index (χ0) is 13.3. The first-order valence-corrected chi connectivity index (χ1v) is 4.43. The van der Waals surface area contributed by atoms with E-state index in [0.29, 0.717) is 0 Å². The summed E-state index contributed by atoms with van der Waals surface area (Å²) in [6.45, 7) is -1.94. The molecule has 0 bridgehead atoms. The van der Waals surface area contributed by atoms with Gasteiger partial charge in [0.2, 0.25) is 5.88 Å². The van der Waals surface area contributed by atoms with Crippen molar-refractivity contribution in [3.8, 4) is 11.6 Å². The number of alkyl halides is 5. The zero-order valence-corrected chi connectivity index (χ0v) is 8.69. The molecule has 1 rings (SSSR count). The van der Waals surface area contributed by atoms with Gasteiger partial charge in [0.15, 0.2) is 6.61 Å². The number of aromatic hydroxyl groups is 1. The van der Waals surface area contributed by atoms with Gasteiger partial charge in [-0.25, -0.2) is 4.98 Å². The number of aromatic nitrogens is 1. The van der Waals surface area contributed by atoms with Gasteiger partial charge in [0.1, 0.15) is 10.8 Å². The molecule has 0 aliphatic carbocycles. The Kier molecular flexibility index (Phi) is 3.65. The molecule has 9 heteroatoms. The van der Waals surface area contributed by atoms with Crippen LogP contribution in [0.1, 0.15) is 0 Å². The summed E-state index contributed by atoms with van der Waals surface area (Å²) in [6.07, 6.45) is -4.91. The van der Waals surface area contributed by atoms with E-state index in [2.05, 4.69) is 9.72 Å². The lowest BCUT2D eigenvalue weighted by Gasteiger charge is -2.19. The van der Waals surface area contributed by atoms with E-state index in [9.17, 15) is 22.0 Å². The van der Waals surface area contributed by atoms with Gasteiger partial charge >= 0.3 is 12.1 Å². The number of hydrogen-bond donors (Lipinski definition) is 1. The van der Waals surface area contributed by atoms with Crippen molar-refractivity contribution in [1.82, 2.24) is 4.98 Å². The van der Waals surface area contributed by atoms with Crippen LogP contribution in [0.25, 0.3) is 0 Å². The molecule has 1 heterocycles. The second kappa shape index (κ2) is 4.52. The monoisotopic (exact) mass is 277 g/mol. The molecule has 0 fully saturated rings. The summed E-state index contributed by atoms with van der Waals surface area (Å²) >= 11 is 5.40. The third kappa shape index (κ3) is 3.32. The summed E-state index contributed by atoms with van der Waals surface area (Å²) in [5, 5.41) is 8.49. The van der Waals surface area contributed by atoms with Crippen LogP contribution in [0.2, 0.25) is 5.02 Å². The Bertz CT molecular complexity index is 409. The Labute approximate surface area is 96.8 Å². The quantitative estimate of drug-likeness (QED) is 0.864. The van der Waals surface area contributed by atoms with E-state index in [1.807, 2.05) is 0 Å². The SMILES string of the molecule is Oc1cnc(OCC(F)(F)C(F)(F)F)c(Cl)c1. The van der Waals surface area contributed by atoms with Crippen molar-refractivity contribution in [2.75, 3.05) is 6.61 Å². The summed E-state index contributed by atoms with van der Waals surface area (Å²) in [7, 11) is 0. The van der Waals surface area contributed by atoms with Crippen LogP contribution in [0, 0.1) is 0 Å². The highest BCUT2D eigenvalue weighted by atomic mass is 35.5. The number of hydrogen-bond acceptors (Lipinski definition) is 3. The maximum atomic E-state index is 12.5. The minimum Gasteiger partial charge on any atom is -0.506 e. The van der Waals surface area contributed by atoms with Crippen LogP contribution in [0.5, 0.6) is 11.6 Å². The summed E-state index contributed by atoms with van der Waals surface area (Å²) in [5.41, 5.74) is 0. The van der Waals surface area contributed by atoms with Crippen LogP contribution in [-0.2, 0) is 0 Å². The van der Waals surface area contributed by atoms with Crippen molar-refractivity contribution in [2.45, 2.75) is 12.1 Å². The zero-order valence-electron chi connectivity index (χ0n) is 7.93. The van der Waals surface area contributed by atoms with Crippen molar-refractivity contribution < 1.29 is 31.8 Å². The molecule has 0 saturated carbocycles. The van der Waals surface area contributed by atoms with Crippen LogP contribution in [0.15, 0.2) is 12.3 Å². The molecule has 0 spiro atoms. The lowest BCUT2D eigenvalue weighted by Crippen LogP contribution is -2.41. The van der Waals surface area contributed by atoms with E-state index in [4.69, 9.17) is 16.7 Å². The Morgan fingerprint density at radius 2 is 1.88 bits per heavy atom. The fourth-order valence-corrected chi connectivity index (χ4v) is 0.977. The average molecular weight is 278 g/mol. The van der Waals surface area contributed by atoms with Crippen LogP contribution in [0.4, 0.5) is 22.0 Å². The molecule has 0 radical (unpaired) electrons. The molecule has 0 aromatic carbocycles. The highest BCUT2D eigenvalue weighted by Gasteiger charge is 2.58. The topological polar surface area (TPSA) is 42.4 Å². The Morgan fingerprint density at radius 1 is 1.29 bits per heavy atom. The maximum absolute atomic E-state index is 12.5. The summed E-state index contributed by atoms with van der Waals surface area (Å²) in [4.78, 5) is 3.26. The molecule has 1 aromatic heterocycles. The van der Waals surface area contributed by atoms with Crippen molar-refractivity contribution in [3.05, 3.63) is 17.3 Å². The molecule has 0 aliphatic heterocycles. The molecule has 0 aliphatic rings. The van der Waals surface area contributed by atoms with E-state index in [1.54, 1.807) is 0 Å². The second-order valence-corrected chi connectivity index (χ2v) is 3.38. The minimum absolute atomic E-state index is 0.370. The summed E-state index contributed by atoms with van der Waals surface area (Å²) in [6, 6.07) is 0.898. The van der Waals surface area contributed by atoms with Crippen molar-refractivity contribution in [3.63, 3.8) is 0 Å². The molecule has 0 amide bonds. The number of halogens is 6. The van der Waals surface area contributed by atoms with Gasteiger partial charge in [-0.3, -0.25) is 0 Å². The largest absolute Gasteiger partial charge is 0.506 e. The molecule has 17 heavy (non-hydrogen) atoms. The lowest BCUT2D eigenvalue weighted by atomic mass is 10.3. The van der Waals surface area contributed by atoms with Crippen molar-refractivity contribution in [1.29, 1.82) is 0 Å². The third-order valence-corrected chi connectivity index (χ3v) is 1.87. The first-order chi connectivity index (χ1) is 7.63. The van der Waals surface area contributed by atoms with Crippen LogP contribution < -0.4 is 4.74 Å². The van der Waals surface area contributed by atoms with Gasteiger partial charge in [-0.2, -0.15) is 22.0 Å². The van der Waals surface area contributed by atoms with Gasteiger partial charge in [-0.15, -0.1) is 0 Å². The van der Waals surface area contributed by atoms with Crippen molar-refractivity contribution >= 4 is 11.6 Å². The molecular weight excluding hydrogens is 273 g/mol. The minimum atomic E-state index is -5.71. The summed E-state index contributed by atoms with van der Waals surface area (Å²) in [5.74, 6) is -5.99. The van der Waals surface area contributed by atoms with Crippen LogP contribution >= 0.6 is 11.6 Å². The fraction of sp³-hybridized carbons (Fsp3) is 0.375. The van der Waals surface area contributed by atoms with Gasteiger partial charge in [-0.05, 0) is 0 Å². The molecule has 1 N–H and O–H groups in total. The van der Waals surface area contributed by atoms with Gasteiger partial charge in [0.05, 0.1) is 6.20 Å². The number of rotatable bonds is 3. The van der Waals surface area contributed by atoms with Gasteiger partial charge in [-0.1, -0.05) is 11.6 Å². The average Bonchev–Trinajstić information content (AvgIpc) is 2.14. The van der Waals surface area contributed by atoms with E-state index < -0.39 is 24.6 Å². The highest BCUT2D eigenvalue weighted by Crippen LogP contribution is 2.36. The predicted molar refractivity (Wildman–Crippen MR) is 47.4 cm³/mol. The second-order valence-electron chi connectivity index (χ2n) is 2.97. The maximum Gasteiger partial charge on any atom is 0.456 e. The third-order valence-electron chi connectivity index (χ3n) is 1.60. The van der Waals surface area contributed by atoms with Gasteiger partial charge in [0, 0.05) is 6.07 Å². The first-order valence-electron chi connectivity index (χ1n) is 4.05. The number of pyridine rings is 1. The molecule has 1 aromatic rings. The van der Waals surface area contributed by atoms with Crippen LogP contribution in [-0.4, -0.2) is 28.8 Å². The van der Waals surface area contributed by atoms with E-state index in [0.717, 1.165) is 12.3 Å². The Morgan fingerprint density at radius 3 is 2.35 bits per heavy atom. The fourth-order valence-electron chi connectivity index (χ4n) is 0.762. The lowest BCUT2D eigenvalue weighted by molar-refractivity contribution is -0.290. The predicted octanol–water partition coefficient (Wildman–Crippen LogP) is 3.02. The first kappa shape index (κ1) is 13.8. The molecule has 0 saturated heterocycles. The van der Waals surface area contributed by atoms with E-state index in [1.165, 1.54) is 0 Å². The smallest absolute Gasteiger partial charge is 0.456 e. The normalized spacial score (nSPS) is 12.6. The van der Waals surface area contributed by atoms with Gasteiger partial charge in [0.25, 0.3) is 0 Å². The highest BCUT2D eigenvalue weighted by molar-refractivity contribution is 6.31. The number of nitrogens with zero attached hydrogens (tertiary/aromatic N) is 1. The molecular formula is C8H5ClF5NO2. The van der Waals surface area contributed by atoms with Gasteiger partial charge < -0.3 is 9.84 Å². The van der Waals surface area contributed by atoms with E-state index >= 15 is 0 Å². The summed E-state index contributed by atoms with van der Waals surface area (Å²) < 4.78 is 64.4. The molecule has 3 nitrogen and oxygen atoms in total. The Balaban J connectivity index is 2.74. The van der Waals surface area contributed by atoms with E-state index in [-0.39, 0.29) is 10.8 Å². The molecule has 0 atom stereocenters. The van der Waals surface area contributed by atoms with Crippen molar-refractivity contribution in [2.24, 2.45) is 0 Å². The van der Waals surface area contributed by atoms with Crippen LogP contribution in [0.3, 0.4) is 0 Å². The standard InChI is InChI=1S/C8H5ClF5NO2/c9-5-1-4(16)2-15-6(5)17-3-7(10,11)8(12,13)14/h1-2,16H,3H2. The molecule has 96 valence electrons.